The zero-order chi connectivity index (χ0) is 20.3. The van der Waals surface area contributed by atoms with Crippen molar-refractivity contribution in [2.24, 2.45) is 0 Å². The molecule has 2 aromatic carbocycles. The van der Waals surface area contributed by atoms with Gasteiger partial charge in [0.15, 0.2) is 0 Å². The number of alkyl halides is 3. The Morgan fingerprint density at radius 1 is 1.00 bits per heavy atom. The fourth-order valence-corrected chi connectivity index (χ4v) is 2.82. The molecule has 0 aliphatic rings. The molecule has 0 saturated carbocycles. The third kappa shape index (κ3) is 4.28. The van der Waals surface area contributed by atoms with E-state index in [4.69, 9.17) is 0 Å². The van der Waals surface area contributed by atoms with Crippen LogP contribution < -0.4 is 5.32 Å². The summed E-state index contributed by atoms with van der Waals surface area (Å²) < 4.78 is 39.4. The summed E-state index contributed by atoms with van der Waals surface area (Å²) in [7, 11) is 0. The van der Waals surface area contributed by atoms with Crippen LogP contribution in [0.25, 0.3) is 10.9 Å². The number of carbonyl (C=O) groups excluding carboxylic acids is 1. The zero-order valence-electron chi connectivity index (χ0n) is 14.4. The van der Waals surface area contributed by atoms with Crippen molar-refractivity contribution < 1.29 is 27.9 Å². The highest BCUT2D eigenvalue weighted by atomic mass is 19.4. The number of hydrogen-bond acceptors (Lipinski definition) is 3. The van der Waals surface area contributed by atoms with Gasteiger partial charge in [-0.2, -0.15) is 13.2 Å². The Bertz CT molecular complexity index is 1030. The molecule has 0 aliphatic heterocycles. The SMILES string of the molecule is O=C(N[C@H](Cc1ccccc1C(F)(F)F)C(=O)O)c1ccc2ccccc2n1. The zero-order valence-corrected chi connectivity index (χ0v) is 14.4. The summed E-state index contributed by atoms with van der Waals surface area (Å²) >= 11 is 0. The van der Waals surface area contributed by atoms with Crippen LogP contribution in [0.4, 0.5) is 13.2 Å². The van der Waals surface area contributed by atoms with Gasteiger partial charge in [0.25, 0.3) is 5.91 Å². The Labute approximate surface area is 157 Å². The van der Waals surface area contributed by atoms with Crippen molar-refractivity contribution >= 4 is 22.8 Å². The van der Waals surface area contributed by atoms with Gasteiger partial charge in [-0.3, -0.25) is 4.79 Å². The van der Waals surface area contributed by atoms with E-state index < -0.39 is 36.1 Å². The standard InChI is InChI=1S/C20H15F3N2O3/c21-20(22,23)14-7-3-1-6-13(14)11-17(19(27)28)25-18(26)16-10-9-12-5-2-4-8-15(12)24-16/h1-10,17H,11H2,(H,25,26)(H,27,28)/t17-/m1/s1. The molecule has 3 rings (SSSR count). The molecule has 0 spiro atoms. The van der Waals surface area contributed by atoms with Crippen LogP contribution >= 0.6 is 0 Å². The number of rotatable bonds is 5. The molecule has 0 fully saturated rings. The van der Waals surface area contributed by atoms with Crippen molar-refractivity contribution in [1.29, 1.82) is 0 Å². The highest BCUT2D eigenvalue weighted by Crippen LogP contribution is 2.32. The number of carboxylic acids is 1. The third-order valence-electron chi connectivity index (χ3n) is 4.18. The largest absolute Gasteiger partial charge is 0.480 e. The Kier molecular flexibility index (Phi) is 5.30. The minimum Gasteiger partial charge on any atom is -0.480 e. The van der Waals surface area contributed by atoms with Crippen LogP contribution in [0.2, 0.25) is 0 Å². The van der Waals surface area contributed by atoms with E-state index in [0.29, 0.717) is 5.52 Å². The van der Waals surface area contributed by atoms with Crippen LogP contribution in [0.3, 0.4) is 0 Å². The predicted molar refractivity (Wildman–Crippen MR) is 95.8 cm³/mol. The molecule has 1 heterocycles. The average Bonchev–Trinajstić information content (AvgIpc) is 2.66. The molecule has 28 heavy (non-hydrogen) atoms. The van der Waals surface area contributed by atoms with Gasteiger partial charge in [0.05, 0.1) is 11.1 Å². The van der Waals surface area contributed by atoms with Gasteiger partial charge in [0, 0.05) is 11.8 Å². The summed E-state index contributed by atoms with van der Waals surface area (Å²) in [4.78, 5) is 28.1. The summed E-state index contributed by atoms with van der Waals surface area (Å²) in [6.45, 7) is 0. The van der Waals surface area contributed by atoms with Gasteiger partial charge in [-0.15, -0.1) is 0 Å². The van der Waals surface area contributed by atoms with Crippen molar-refractivity contribution in [1.82, 2.24) is 10.3 Å². The number of pyridine rings is 1. The van der Waals surface area contributed by atoms with Crippen molar-refractivity contribution in [3.8, 4) is 0 Å². The molecule has 144 valence electrons. The number of halogens is 3. The quantitative estimate of drug-likeness (QED) is 0.699. The van der Waals surface area contributed by atoms with Crippen LogP contribution in [0.5, 0.6) is 0 Å². The summed E-state index contributed by atoms with van der Waals surface area (Å²) in [5.41, 5.74) is -0.619. The molecule has 0 aliphatic carbocycles. The topological polar surface area (TPSA) is 79.3 Å². The molecule has 1 aromatic heterocycles. The number of para-hydroxylation sites is 1. The summed E-state index contributed by atoms with van der Waals surface area (Å²) in [5.74, 6) is -2.21. The van der Waals surface area contributed by atoms with Gasteiger partial charge in [-0.1, -0.05) is 42.5 Å². The second-order valence-corrected chi connectivity index (χ2v) is 6.11. The Balaban J connectivity index is 1.83. The lowest BCUT2D eigenvalue weighted by Gasteiger charge is -2.18. The first kappa shape index (κ1) is 19.3. The van der Waals surface area contributed by atoms with E-state index >= 15 is 0 Å². The van der Waals surface area contributed by atoms with Crippen molar-refractivity contribution in [3.63, 3.8) is 0 Å². The molecule has 0 bridgehead atoms. The van der Waals surface area contributed by atoms with E-state index in [2.05, 4.69) is 10.3 Å². The maximum atomic E-state index is 13.1. The van der Waals surface area contributed by atoms with Crippen molar-refractivity contribution in [3.05, 3.63) is 77.5 Å². The van der Waals surface area contributed by atoms with Crippen LogP contribution in [-0.4, -0.2) is 28.0 Å². The molecule has 2 N–H and O–H groups in total. The summed E-state index contributed by atoms with van der Waals surface area (Å²) in [5, 5.41) is 12.4. The molecular weight excluding hydrogens is 373 g/mol. The lowest BCUT2D eigenvalue weighted by molar-refractivity contribution is -0.141. The van der Waals surface area contributed by atoms with Crippen LogP contribution in [0.1, 0.15) is 21.6 Å². The number of fused-ring (bicyclic) bond motifs is 1. The van der Waals surface area contributed by atoms with Gasteiger partial charge in [-0.05, 0) is 23.8 Å². The van der Waals surface area contributed by atoms with Gasteiger partial charge in [0.1, 0.15) is 11.7 Å². The maximum absolute atomic E-state index is 13.1. The Morgan fingerprint density at radius 2 is 1.68 bits per heavy atom. The number of benzene rings is 2. The first-order valence-electron chi connectivity index (χ1n) is 8.30. The van der Waals surface area contributed by atoms with Gasteiger partial charge >= 0.3 is 12.1 Å². The van der Waals surface area contributed by atoms with E-state index in [-0.39, 0.29) is 11.3 Å². The summed E-state index contributed by atoms with van der Waals surface area (Å²) in [6, 6.07) is 13.3. The van der Waals surface area contributed by atoms with E-state index in [1.807, 2.05) is 6.07 Å². The number of carbonyl (C=O) groups is 2. The third-order valence-corrected chi connectivity index (χ3v) is 4.18. The maximum Gasteiger partial charge on any atom is 0.416 e. The average molecular weight is 388 g/mol. The first-order chi connectivity index (χ1) is 13.3. The molecule has 0 radical (unpaired) electrons. The van der Waals surface area contributed by atoms with Gasteiger partial charge in [-0.25, -0.2) is 9.78 Å². The van der Waals surface area contributed by atoms with E-state index in [0.717, 1.165) is 11.5 Å². The number of amides is 1. The number of aromatic nitrogens is 1. The minimum absolute atomic E-state index is 0.0194. The van der Waals surface area contributed by atoms with Crippen LogP contribution in [-0.2, 0) is 17.4 Å². The molecule has 8 heteroatoms. The lowest BCUT2D eigenvalue weighted by Crippen LogP contribution is -2.43. The number of aliphatic carboxylic acids is 1. The highest BCUT2D eigenvalue weighted by molar-refractivity contribution is 5.97. The number of hydrogen-bond donors (Lipinski definition) is 2. The van der Waals surface area contributed by atoms with Crippen LogP contribution in [0, 0.1) is 0 Å². The highest BCUT2D eigenvalue weighted by Gasteiger charge is 2.34. The van der Waals surface area contributed by atoms with E-state index in [1.54, 1.807) is 24.3 Å². The molecule has 1 amide bonds. The predicted octanol–water partition coefficient (Wildman–Crippen LogP) is 3.68. The van der Waals surface area contributed by atoms with Gasteiger partial charge in [0.2, 0.25) is 0 Å². The second kappa shape index (κ2) is 7.67. The number of nitrogens with zero attached hydrogens (tertiary/aromatic N) is 1. The van der Waals surface area contributed by atoms with Crippen LogP contribution in [0.15, 0.2) is 60.7 Å². The Morgan fingerprint density at radius 3 is 2.39 bits per heavy atom. The minimum atomic E-state index is -4.62. The van der Waals surface area contributed by atoms with Crippen molar-refractivity contribution in [2.45, 2.75) is 18.6 Å². The van der Waals surface area contributed by atoms with Crippen molar-refractivity contribution in [2.75, 3.05) is 0 Å². The van der Waals surface area contributed by atoms with E-state index in [9.17, 15) is 27.9 Å². The fraction of sp³-hybridized carbons (Fsp3) is 0.150. The molecule has 1 atom stereocenters. The number of carboxylic acid groups (broad SMARTS) is 1. The van der Waals surface area contributed by atoms with Gasteiger partial charge < -0.3 is 10.4 Å². The molecule has 0 unspecified atom stereocenters. The lowest BCUT2D eigenvalue weighted by atomic mass is 9.99. The second-order valence-electron chi connectivity index (χ2n) is 6.11. The monoisotopic (exact) mass is 388 g/mol. The number of nitrogens with one attached hydrogen (secondary N) is 1. The fourth-order valence-electron chi connectivity index (χ4n) is 2.82. The molecule has 0 saturated heterocycles. The van der Waals surface area contributed by atoms with E-state index in [1.165, 1.54) is 24.3 Å². The molecule has 3 aromatic rings. The molecule has 5 nitrogen and oxygen atoms in total. The Hall–Kier alpha value is -3.42. The smallest absolute Gasteiger partial charge is 0.416 e. The first-order valence-corrected chi connectivity index (χ1v) is 8.30. The normalized spacial score (nSPS) is 12.5. The summed E-state index contributed by atoms with van der Waals surface area (Å²) in [6.07, 6.45) is -5.13. The molecular formula is C20H15F3N2O3.